The van der Waals surface area contributed by atoms with Gasteiger partial charge in [0.1, 0.15) is 5.75 Å². The fourth-order valence-electron chi connectivity index (χ4n) is 2.45. The van der Waals surface area contributed by atoms with E-state index < -0.39 is 5.91 Å². The Morgan fingerprint density at radius 2 is 1.86 bits per heavy atom. The van der Waals surface area contributed by atoms with E-state index in [0.29, 0.717) is 11.5 Å². The van der Waals surface area contributed by atoms with Gasteiger partial charge in [-0.15, -0.1) is 0 Å². The molecule has 0 aromatic heterocycles. The SMILES string of the molecule is CC(CC(=O)N[C@@H](C)c1ccccc1)=NNC(=O)COc1ccc(C)cc1Br. The van der Waals surface area contributed by atoms with Gasteiger partial charge >= 0.3 is 0 Å². The Labute approximate surface area is 173 Å². The first-order valence-electron chi connectivity index (χ1n) is 8.90. The van der Waals surface area contributed by atoms with Gasteiger partial charge in [-0.25, -0.2) is 5.43 Å². The molecule has 2 amide bonds. The van der Waals surface area contributed by atoms with Crippen molar-refractivity contribution in [1.82, 2.24) is 10.7 Å². The Hall–Kier alpha value is -2.67. The lowest BCUT2D eigenvalue weighted by Crippen LogP contribution is -2.29. The molecule has 2 rings (SSSR count). The molecule has 148 valence electrons. The summed E-state index contributed by atoms with van der Waals surface area (Å²) in [5, 5.41) is 6.87. The number of benzene rings is 2. The van der Waals surface area contributed by atoms with Crippen molar-refractivity contribution >= 4 is 33.5 Å². The smallest absolute Gasteiger partial charge is 0.277 e. The van der Waals surface area contributed by atoms with E-state index >= 15 is 0 Å². The second-order valence-electron chi connectivity index (χ2n) is 6.48. The highest BCUT2D eigenvalue weighted by Crippen LogP contribution is 2.25. The monoisotopic (exact) mass is 445 g/mol. The van der Waals surface area contributed by atoms with Crippen LogP contribution >= 0.6 is 15.9 Å². The Balaban J connectivity index is 1.76. The Kier molecular flexibility index (Phi) is 8.19. The molecular formula is C21H24BrN3O3. The van der Waals surface area contributed by atoms with Gasteiger partial charge in [-0.2, -0.15) is 5.10 Å². The average molecular weight is 446 g/mol. The topological polar surface area (TPSA) is 79.8 Å². The summed E-state index contributed by atoms with van der Waals surface area (Å²) in [4.78, 5) is 24.0. The van der Waals surface area contributed by atoms with E-state index in [1.807, 2.05) is 56.3 Å². The number of nitrogens with one attached hydrogen (secondary N) is 2. The van der Waals surface area contributed by atoms with Crippen LogP contribution in [-0.4, -0.2) is 24.1 Å². The molecule has 0 fully saturated rings. The molecule has 2 aromatic carbocycles. The number of carbonyl (C=O) groups excluding carboxylic acids is 2. The lowest BCUT2D eigenvalue weighted by Gasteiger charge is -2.14. The molecule has 0 unspecified atom stereocenters. The summed E-state index contributed by atoms with van der Waals surface area (Å²) in [5.41, 5.74) is 5.02. The van der Waals surface area contributed by atoms with E-state index in [1.54, 1.807) is 13.0 Å². The third kappa shape index (κ3) is 7.15. The molecule has 6 nitrogen and oxygen atoms in total. The third-order valence-electron chi connectivity index (χ3n) is 3.91. The first-order valence-corrected chi connectivity index (χ1v) is 9.69. The lowest BCUT2D eigenvalue weighted by atomic mass is 10.1. The van der Waals surface area contributed by atoms with Crippen LogP contribution in [0.25, 0.3) is 0 Å². The van der Waals surface area contributed by atoms with Crippen LogP contribution in [0.15, 0.2) is 58.1 Å². The molecular weight excluding hydrogens is 422 g/mol. The summed E-state index contributed by atoms with van der Waals surface area (Å²) < 4.78 is 6.24. The number of amides is 2. The van der Waals surface area contributed by atoms with Crippen LogP contribution in [0.1, 0.15) is 37.4 Å². The maximum absolute atomic E-state index is 12.1. The van der Waals surface area contributed by atoms with Gasteiger partial charge in [-0.05, 0) is 60.0 Å². The fraction of sp³-hybridized carbons (Fsp3) is 0.286. The van der Waals surface area contributed by atoms with Gasteiger partial charge in [0.2, 0.25) is 5.91 Å². The second-order valence-corrected chi connectivity index (χ2v) is 7.34. The van der Waals surface area contributed by atoms with Gasteiger partial charge in [0.25, 0.3) is 5.91 Å². The van der Waals surface area contributed by atoms with Crippen molar-refractivity contribution in [2.75, 3.05) is 6.61 Å². The van der Waals surface area contributed by atoms with Crippen LogP contribution in [0.5, 0.6) is 5.75 Å². The Morgan fingerprint density at radius 1 is 1.14 bits per heavy atom. The summed E-state index contributed by atoms with van der Waals surface area (Å²) >= 11 is 3.39. The average Bonchev–Trinajstić information content (AvgIpc) is 2.66. The Bertz CT molecular complexity index is 853. The predicted molar refractivity (Wildman–Crippen MR) is 113 cm³/mol. The zero-order valence-electron chi connectivity index (χ0n) is 16.2. The summed E-state index contributed by atoms with van der Waals surface area (Å²) in [7, 11) is 0. The van der Waals surface area contributed by atoms with E-state index in [-0.39, 0.29) is 25.0 Å². The maximum Gasteiger partial charge on any atom is 0.277 e. The normalized spacial score (nSPS) is 12.2. The van der Waals surface area contributed by atoms with Crippen LogP contribution in [0, 0.1) is 6.92 Å². The van der Waals surface area contributed by atoms with Crippen molar-refractivity contribution in [3.63, 3.8) is 0 Å². The largest absolute Gasteiger partial charge is 0.483 e. The highest BCUT2D eigenvalue weighted by molar-refractivity contribution is 9.10. The van der Waals surface area contributed by atoms with Gasteiger partial charge < -0.3 is 10.1 Å². The van der Waals surface area contributed by atoms with Crippen LogP contribution in [0.3, 0.4) is 0 Å². The summed E-state index contributed by atoms with van der Waals surface area (Å²) in [6.07, 6.45) is 0.0990. The molecule has 0 aliphatic heterocycles. The molecule has 28 heavy (non-hydrogen) atoms. The zero-order valence-corrected chi connectivity index (χ0v) is 17.7. The number of hydrazone groups is 1. The van der Waals surface area contributed by atoms with E-state index in [1.165, 1.54) is 0 Å². The predicted octanol–water partition coefficient (Wildman–Crippen LogP) is 3.90. The molecule has 0 bridgehead atoms. The quantitative estimate of drug-likeness (QED) is 0.477. The molecule has 0 heterocycles. The minimum Gasteiger partial charge on any atom is -0.483 e. The number of halogens is 1. The number of hydrogen-bond acceptors (Lipinski definition) is 4. The van der Waals surface area contributed by atoms with Crippen molar-refractivity contribution in [2.24, 2.45) is 5.10 Å². The standard InChI is InChI=1S/C21H24BrN3O3/c1-14-9-10-19(18(22)11-14)28-13-21(27)25-24-15(2)12-20(26)23-16(3)17-7-5-4-6-8-17/h4-11,16H,12-13H2,1-3H3,(H,23,26)(H,25,27)/t16-/m0/s1. The van der Waals surface area contributed by atoms with Crippen LogP contribution in [-0.2, 0) is 9.59 Å². The molecule has 0 spiro atoms. The number of aryl methyl sites for hydroxylation is 1. The molecule has 0 aliphatic rings. The van der Waals surface area contributed by atoms with Crippen molar-refractivity contribution in [1.29, 1.82) is 0 Å². The first-order chi connectivity index (χ1) is 13.3. The number of carbonyl (C=O) groups is 2. The van der Waals surface area contributed by atoms with Gasteiger partial charge in [0, 0.05) is 5.71 Å². The number of hydrogen-bond donors (Lipinski definition) is 2. The minimum absolute atomic E-state index is 0.0990. The number of ether oxygens (including phenoxy) is 1. The van der Waals surface area contributed by atoms with Crippen molar-refractivity contribution < 1.29 is 14.3 Å². The minimum atomic E-state index is -0.398. The van der Waals surface area contributed by atoms with Gasteiger partial charge in [-0.1, -0.05) is 36.4 Å². The zero-order chi connectivity index (χ0) is 20.5. The summed E-state index contributed by atoms with van der Waals surface area (Å²) in [6, 6.07) is 15.2. The van der Waals surface area contributed by atoms with Gasteiger partial charge in [-0.3, -0.25) is 9.59 Å². The molecule has 0 saturated carbocycles. The number of nitrogens with zero attached hydrogens (tertiary/aromatic N) is 1. The highest BCUT2D eigenvalue weighted by atomic mass is 79.9. The van der Waals surface area contributed by atoms with E-state index in [4.69, 9.17) is 4.74 Å². The molecule has 0 radical (unpaired) electrons. The van der Waals surface area contributed by atoms with Crippen LogP contribution in [0.2, 0.25) is 0 Å². The molecule has 2 aromatic rings. The second kappa shape index (κ2) is 10.6. The highest BCUT2D eigenvalue weighted by Gasteiger charge is 2.11. The van der Waals surface area contributed by atoms with Gasteiger partial charge in [0.05, 0.1) is 16.9 Å². The molecule has 0 saturated heterocycles. The maximum atomic E-state index is 12.1. The first kappa shape index (κ1) is 21.6. The van der Waals surface area contributed by atoms with Crippen molar-refractivity contribution in [2.45, 2.75) is 33.2 Å². The Morgan fingerprint density at radius 3 is 2.54 bits per heavy atom. The third-order valence-corrected chi connectivity index (χ3v) is 4.53. The van der Waals surface area contributed by atoms with E-state index in [9.17, 15) is 9.59 Å². The van der Waals surface area contributed by atoms with Gasteiger partial charge in [0.15, 0.2) is 6.61 Å². The number of rotatable bonds is 8. The fourth-order valence-corrected chi connectivity index (χ4v) is 3.05. The summed E-state index contributed by atoms with van der Waals surface area (Å²) in [6.45, 7) is 5.40. The molecule has 7 heteroatoms. The van der Waals surface area contributed by atoms with E-state index in [0.717, 1.165) is 15.6 Å². The van der Waals surface area contributed by atoms with Crippen molar-refractivity contribution in [3.05, 3.63) is 64.1 Å². The molecule has 0 aliphatic carbocycles. The molecule has 1 atom stereocenters. The van der Waals surface area contributed by atoms with Crippen LogP contribution < -0.4 is 15.5 Å². The van der Waals surface area contributed by atoms with E-state index in [2.05, 4.69) is 31.8 Å². The summed E-state index contributed by atoms with van der Waals surface area (Å²) in [5.74, 6) is 0.0207. The van der Waals surface area contributed by atoms with Crippen LogP contribution in [0.4, 0.5) is 0 Å². The van der Waals surface area contributed by atoms with Crippen molar-refractivity contribution in [3.8, 4) is 5.75 Å². The lowest BCUT2D eigenvalue weighted by molar-refractivity contribution is -0.123. The molecule has 2 N–H and O–H groups in total.